The number of carbonyl (C=O) groups excluding carboxylic acids is 1. The summed E-state index contributed by atoms with van der Waals surface area (Å²) in [6.07, 6.45) is 1.31. The summed E-state index contributed by atoms with van der Waals surface area (Å²) in [6.45, 7) is -0.224. The first-order valence-corrected chi connectivity index (χ1v) is 9.81. The molecule has 9 heteroatoms. The number of hydrogen-bond acceptors (Lipinski definition) is 5. The van der Waals surface area contributed by atoms with E-state index in [0.29, 0.717) is 31.0 Å². The molecule has 1 amide bonds. The molecular weight excluding hydrogens is 383 g/mol. The fourth-order valence-electron chi connectivity index (χ4n) is 4.00. The van der Waals surface area contributed by atoms with Crippen molar-refractivity contribution in [3.8, 4) is 11.5 Å². The lowest BCUT2D eigenvalue weighted by Crippen LogP contribution is -2.45. The second-order valence-corrected chi connectivity index (χ2v) is 7.48. The van der Waals surface area contributed by atoms with Crippen molar-refractivity contribution >= 4 is 11.7 Å². The Bertz CT molecular complexity index is 888. The minimum absolute atomic E-state index is 0.356. The van der Waals surface area contributed by atoms with Gasteiger partial charge in [0.1, 0.15) is 18.1 Å². The summed E-state index contributed by atoms with van der Waals surface area (Å²) >= 11 is 0. The molecule has 1 saturated heterocycles. The van der Waals surface area contributed by atoms with Crippen LogP contribution in [0.15, 0.2) is 24.4 Å². The second-order valence-electron chi connectivity index (χ2n) is 7.48. The van der Waals surface area contributed by atoms with Crippen molar-refractivity contribution in [3.63, 3.8) is 0 Å². The number of amides is 1. The molecule has 4 rings (SSSR count). The zero-order valence-corrected chi connectivity index (χ0v) is 15.9. The van der Waals surface area contributed by atoms with Crippen LogP contribution in [0.4, 0.5) is 19.0 Å². The number of anilines is 1. The fraction of sp³-hybridized carbons (Fsp3) is 0.500. The average molecular weight is 405 g/mol. The Kier molecular flexibility index (Phi) is 5.38. The molecule has 1 unspecified atom stereocenters. The van der Waals surface area contributed by atoms with Crippen LogP contribution in [-0.4, -0.2) is 46.7 Å². The predicted octanol–water partition coefficient (Wildman–Crippen LogP) is 2.92. The van der Waals surface area contributed by atoms with Crippen LogP contribution in [0, 0.1) is 5.92 Å². The average Bonchev–Trinajstić information content (AvgIpc) is 3.20. The van der Waals surface area contributed by atoms with Crippen LogP contribution >= 0.6 is 0 Å². The number of nitrogens with zero attached hydrogens (tertiary/aromatic N) is 4. The van der Waals surface area contributed by atoms with Gasteiger partial charge in [-0.2, -0.15) is 13.2 Å². The van der Waals surface area contributed by atoms with E-state index in [9.17, 15) is 18.0 Å². The number of aromatic nitrogens is 3. The molecular formula is C20H22F3N5O. The van der Waals surface area contributed by atoms with Crippen LogP contribution in [0.25, 0.3) is 11.5 Å². The highest BCUT2D eigenvalue weighted by Crippen LogP contribution is 2.33. The first kappa shape index (κ1) is 19.6. The number of nitrogens with one attached hydrogen (secondary N) is 1. The largest absolute Gasteiger partial charge is 0.405 e. The number of fused-ring (bicyclic) bond motifs is 1. The minimum Gasteiger partial charge on any atom is -0.355 e. The van der Waals surface area contributed by atoms with Gasteiger partial charge in [-0.15, -0.1) is 0 Å². The van der Waals surface area contributed by atoms with Crippen molar-refractivity contribution in [2.45, 2.75) is 38.3 Å². The molecule has 154 valence electrons. The van der Waals surface area contributed by atoms with Crippen molar-refractivity contribution in [1.82, 2.24) is 20.3 Å². The molecule has 29 heavy (non-hydrogen) atoms. The summed E-state index contributed by atoms with van der Waals surface area (Å²) in [6, 6.07) is 5.55. The molecule has 2 aliphatic rings. The third-order valence-electron chi connectivity index (χ3n) is 5.36. The molecule has 1 atom stereocenters. The van der Waals surface area contributed by atoms with Gasteiger partial charge < -0.3 is 10.2 Å². The van der Waals surface area contributed by atoms with E-state index in [2.05, 4.69) is 9.97 Å². The lowest BCUT2D eigenvalue weighted by Gasteiger charge is -2.34. The van der Waals surface area contributed by atoms with Crippen LogP contribution in [0.2, 0.25) is 0 Å². The zero-order chi connectivity index (χ0) is 20.4. The van der Waals surface area contributed by atoms with Crippen molar-refractivity contribution in [1.29, 1.82) is 0 Å². The minimum atomic E-state index is -4.41. The van der Waals surface area contributed by atoms with Crippen LogP contribution in [0.1, 0.15) is 30.5 Å². The number of piperidine rings is 1. The topological polar surface area (TPSA) is 71.0 Å². The molecule has 0 saturated carbocycles. The fourth-order valence-corrected chi connectivity index (χ4v) is 4.00. The third-order valence-corrected chi connectivity index (χ3v) is 5.36. The third kappa shape index (κ3) is 4.49. The molecule has 0 radical (unpaired) electrons. The van der Waals surface area contributed by atoms with Crippen molar-refractivity contribution < 1.29 is 18.0 Å². The SMILES string of the molecule is O=C(NCC(F)(F)F)C1CCCN(c2nc(-c3ccccn3)nc3c2CCC3)C1. The Balaban J connectivity index is 1.57. The van der Waals surface area contributed by atoms with Gasteiger partial charge >= 0.3 is 6.18 Å². The highest BCUT2D eigenvalue weighted by Gasteiger charge is 2.33. The van der Waals surface area contributed by atoms with Crippen LogP contribution < -0.4 is 10.2 Å². The van der Waals surface area contributed by atoms with E-state index in [1.807, 2.05) is 28.4 Å². The smallest absolute Gasteiger partial charge is 0.355 e. The standard InChI is InChI=1S/C20H22F3N5O/c21-20(22,23)12-25-19(29)13-5-4-10-28(11-13)18-14-6-3-8-15(14)26-17(27-18)16-7-1-2-9-24-16/h1-2,7,9,13H,3-6,8,10-12H2,(H,25,29). The van der Waals surface area contributed by atoms with Crippen LogP contribution in [0.5, 0.6) is 0 Å². The molecule has 1 fully saturated rings. The predicted molar refractivity (Wildman–Crippen MR) is 101 cm³/mol. The normalized spacial score (nSPS) is 19.1. The Labute approximate surface area is 166 Å². The van der Waals surface area contributed by atoms with E-state index >= 15 is 0 Å². The van der Waals surface area contributed by atoms with Gasteiger partial charge in [-0.05, 0) is 44.2 Å². The summed E-state index contributed by atoms with van der Waals surface area (Å²) in [5.74, 6) is 0.297. The number of hydrogen-bond donors (Lipinski definition) is 1. The van der Waals surface area contributed by atoms with E-state index in [0.717, 1.165) is 42.8 Å². The summed E-state index contributed by atoms with van der Waals surface area (Å²) < 4.78 is 37.3. The molecule has 1 aliphatic heterocycles. The quantitative estimate of drug-likeness (QED) is 0.847. The maximum Gasteiger partial charge on any atom is 0.405 e. The van der Waals surface area contributed by atoms with E-state index in [-0.39, 0.29) is 0 Å². The lowest BCUT2D eigenvalue weighted by molar-refractivity contribution is -0.140. The number of aryl methyl sites for hydroxylation is 1. The zero-order valence-electron chi connectivity index (χ0n) is 15.9. The van der Waals surface area contributed by atoms with Crippen molar-refractivity contribution in [2.24, 2.45) is 5.92 Å². The number of alkyl halides is 3. The molecule has 2 aromatic heterocycles. The molecule has 2 aromatic rings. The highest BCUT2D eigenvalue weighted by atomic mass is 19.4. The summed E-state index contributed by atoms with van der Waals surface area (Å²) in [5.41, 5.74) is 2.76. The molecule has 0 aromatic carbocycles. The molecule has 1 aliphatic carbocycles. The Morgan fingerprint density at radius 1 is 1.21 bits per heavy atom. The maximum atomic E-state index is 12.4. The Hall–Kier alpha value is -2.71. The molecule has 1 N–H and O–H groups in total. The van der Waals surface area contributed by atoms with Gasteiger partial charge in [0.2, 0.25) is 5.91 Å². The highest BCUT2D eigenvalue weighted by molar-refractivity contribution is 5.79. The Morgan fingerprint density at radius 3 is 2.83 bits per heavy atom. The van der Waals surface area contributed by atoms with Gasteiger partial charge in [-0.25, -0.2) is 9.97 Å². The van der Waals surface area contributed by atoms with Crippen molar-refractivity contribution in [2.75, 3.05) is 24.5 Å². The lowest BCUT2D eigenvalue weighted by atomic mass is 9.96. The monoisotopic (exact) mass is 405 g/mol. The number of rotatable bonds is 4. The Morgan fingerprint density at radius 2 is 2.07 bits per heavy atom. The van der Waals surface area contributed by atoms with E-state index in [1.54, 1.807) is 6.20 Å². The first-order chi connectivity index (χ1) is 13.9. The van der Waals surface area contributed by atoms with Gasteiger partial charge in [0.15, 0.2) is 5.82 Å². The van der Waals surface area contributed by atoms with Gasteiger partial charge in [-0.1, -0.05) is 6.07 Å². The van der Waals surface area contributed by atoms with E-state index in [1.165, 1.54) is 0 Å². The summed E-state index contributed by atoms with van der Waals surface area (Å²) in [5, 5.41) is 2.02. The van der Waals surface area contributed by atoms with Gasteiger partial charge in [-0.3, -0.25) is 9.78 Å². The maximum absolute atomic E-state index is 12.4. The van der Waals surface area contributed by atoms with E-state index < -0.39 is 24.5 Å². The van der Waals surface area contributed by atoms with Gasteiger partial charge in [0.25, 0.3) is 0 Å². The van der Waals surface area contributed by atoms with Crippen molar-refractivity contribution in [3.05, 3.63) is 35.7 Å². The number of pyridine rings is 1. The van der Waals surface area contributed by atoms with Gasteiger partial charge in [0.05, 0.1) is 5.92 Å². The van der Waals surface area contributed by atoms with Crippen LogP contribution in [-0.2, 0) is 17.6 Å². The van der Waals surface area contributed by atoms with Gasteiger partial charge in [0, 0.05) is 30.5 Å². The number of carbonyl (C=O) groups is 1. The summed E-state index contributed by atoms with van der Waals surface area (Å²) in [4.78, 5) is 28.1. The number of halogens is 3. The molecule has 6 nitrogen and oxygen atoms in total. The molecule has 3 heterocycles. The van der Waals surface area contributed by atoms with Crippen LogP contribution in [0.3, 0.4) is 0 Å². The first-order valence-electron chi connectivity index (χ1n) is 9.81. The molecule has 0 bridgehead atoms. The second kappa shape index (κ2) is 7.96. The van der Waals surface area contributed by atoms with E-state index in [4.69, 9.17) is 4.98 Å². The molecule has 0 spiro atoms. The summed E-state index contributed by atoms with van der Waals surface area (Å²) in [7, 11) is 0.